The summed E-state index contributed by atoms with van der Waals surface area (Å²) in [5.41, 5.74) is 3.96. The molecule has 9 rings (SSSR count). The molecule has 1 aliphatic rings. The van der Waals surface area contributed by atoms with Crippen LogP contribution in [-0.4, -0.2) is 79.3 Å². The molecule has 0 radical (unpaired) electrons. The van der Waals surface area contributed by atoms with Crippen LogP contribution in [0.5, 0.6) is 23.0 Å². The monoisotopic (exact) mass is 1050 g/mol. The van der Waals surface area contributed by atoms with Gasteiger partial charge in [0.05, 0.1) is 60.0 Å². The van der Waals surface area contributed by atoms with Crippen LogP contribution in [0.25, 0.3) is 65.3 Å². The van der Waals surface area contributed by atoms with Crippen molar-refractivity contribution in [1.29, 1.82) is 0 Å². The molecule has 0 N–H and O–H groups in total. The van der Waals surface area contributed by atoms with Gasteiger partial charge in [-0.05, 0) is 113 Å². The minimum atomic E-state index is 0.365. The number of fused-ring (bicyclic) bond motifs is 14. The van der Waals surface area contributed by atoms with Crippen LogP contribution < -0.4 is 18.9 Å². The number of benzene rings is 8. The SMILES string of the molecule is Ic1cc2ccccc2c2c1OCCOCCOCCOc1c(I)cc3ccccc3c1-c1c(ccc3ccccc13)OCCOCCOCCOc1ccc3ccccc3c1-2. The van der Waals surface area contributed by atoms with Gasteiger partial charge in [0.15, 0.2) is 0 Å². The van der Waals surface area contributed by atoms with Gasteiger partial charge in [0, 0.05) is 22.3 Å². The predicted molar refractivity (Wildman–Crippen MR) is 264 cm³/mol. The van der Waals surface area contributed by atoms with E-state index in [1.807, 2.05) is 0 Å². The Hall–Kier alpha value is -4.70. The van der Waals surface area contributed by atoms with E-state index >= 15 is 0 Å². The van der Waals surface area contributed by atoms with E-state index in [4.69, 9.17) is 37.9 Å². The molecule has 0 bridgehead atoms. The van der Waals surface area contributed by atoms with Crippen molar-refractivity contribution in [3.63, 3.8) is 0 Å². The lowest BCUT2D eigenvalue weighted by atomic mass is 9.92. The van der Waals surface area contributed by atoms with Gasteiger partial charge in [0.1, 0.15) is 49.4 Å². The van der Waals surface area contributed by atoms with Gasteiger partial charge >= 0.3 is 0 Å². The van der Waals surface area contributed by atoms with Gasteiger partial charge in [-0.1, -0.05) is 109 Å². The van der Waals surface area contributed by atoms with Crippen molar-refractivity contribution in [2.45, 2.75) is 0 Å². The van der Waals surface area contributed by atoms with Crippen LogP contribution in [0, 0.1) is 7.14 Å². The fourth-order valence-corrected chi connectivity index (χ4v) is 9.62. The number of halogens is 2. The van der Waals surface area contributed by atoms with Gasteiger partial charge in [-0.2, -0.15) is 0 Å². The Labute approximate surface area is 388 Å². The van der Waals surface area contributed by atoms with Crippen molar-refractivity contribution in [2.24, 2.45) is 0 Å². The summed E-state index contributed by atoms with van der Waals surface area (Å²) >= 11 is 4.76. The molecule has 0 saturated carbocycles. The number of ether oxygens (including phenoxy) is 8. The normalized spacial score (nSPS) is 15.4. The Balaban J connectivity index is 0.978. The van der Waals surface area contributed by atoms with E-state index in [2.05, 4.69) is 179 Å². The van der Waals surface area contributed by atoms with Crippen molar-refractivity contribution in [1.82, 2.24) is 0 Å². The Morgan fingerprint density at radius 3 is 0.984 bits per heavy atom. The highest BCUT2D eigenvalue weighted by atomic mass is 127. The largest absolute Gasteiger partial charge is 0.491 e. The average molecular weight is 1050 g/mol. The van der Waals surface area contributed by atoms with Gasteiger partial charge in [-0.3, -0.25) is 0 Å². The van der Waals surface area contributed by atoms with Crippen molar-refractivity contribution >= 4 is 88.3 Å². The number of rotatable bonds is 0. The van der Waals surface area contributed by atoms with Crippen molar-refractivity contribution in [3.05, 3.63) is 141 Å². The zero-order chi connectivity index (χ0) is 42.1. The first-order valence-electron chi connectivity index (χ1n) is 20.9. The van der Waals surface area contributed by atoms with E-state index in [9.17, 15) is 0 Å². The summed E-state index contributed by atoms with van der Waals surface area (Å²) in [5.74, 6) is 3.13. The highest BCUT2D eigenvalue weighted by Crippen LogP contribution is 2.49. The maximum Gasteiger partial charge on any atom is 0.141 e. The molecule has 10 heteroatoms. The maximum absolute atomic E-state index is 6.64. The first-order valence-corrected chi connectivity index (χ1v) is 23.1. The molecule has 0 aliphatic carbocycles. The van der Waals surface area contributed by atoms with Crippen molar-refractivity contribution < 1.29 is 37.9 Å². The molecule has 0 spiro atoms. The van der Waals surface area contributed by atoms with Crippen LogP contribution in [0.4, 0.5) is 0 Å². The maximum atomic E-state index is 6.64. The van der Waals surface area contributed by atoms with E-state index in [0.717, 1.165) is 95.5 Å². The van der Waals surface area contributed by atoms with Crippen molar-refractivity contribution in [2.75, 3.05) is 79.3 Å². The molecule has 8 nitrogen and oxygen atoms in total. The summed E-state index contributed by atoms with van der Waals surface area (Å²) in [5, 5.41) is 8.81. The molecule has 0 atom stereocenters. The molecule has 0 saturated heterocycles. The predicted octanol–water partition coefficient (Wildman–Crippen LogP) is 12.1. The van der Waals surface area contributed by atoms with Gasteiger partial charge in [0.25, 0.3) is 0 Å². The number of hydrogen-bond acceptors (Lipinski definition) is 8. The van der Waals surface area contributed by atoms with Crippen LogP contribution >= 0.6 is 45.2 Å². The van der Waals surface area contributed by atoms with Gasteiger partial charge in [0.2, 0.25) is 0 Å². The summed E-state index contributed by atoms with van der Waals surface area (Å²) in [6.07, 6.45) is 0. The first-order chi connectivity index (χ1) is 30.7. The average Bonchev–Trinajstić information content (AvgIpc) is 3.30. The zero-order valence-electron chi connectivity index (χ0n) is 34.2. The third kappa shape index (κ3) is 9.46. The highest BCUT2D eigenvalue weighted by molar-refractivity contribution is 14.1. The number of hydrogen-bond donors (Lipinski definition) is 0. The molecule has 316 valence electrons. The molecule has 1 aliphatic heterocycles. The lowest BCUT2D eigenvalue weighted by Crippen LogP contribution is -2.15. The lowest BCUT2D eigenvalue weighted by molar-refractivity contribution is 0.0271. The summed E-state index contributed by atoms with van der Waals surface area (Å²) in [6.45, 7) is 4.77. The van der Waals surface area contributed by atoms with E-state index in [1.165, 1.54) is 0 Å². The quantitative estimate of drug-likeness (QED) is 0.139. The third-order valence-corrected chi connectivity index (χ3v) is 12.5. The molecule has 0 aromatic heterocycles. The van der Waals surface area contributed by atoms with E-state index in [-0.39, 0.29) is 0 Å². The Morgan fingerprint density at radius 1 is 0.290 bits per heavy atom. The molecule has 8 aromatic rings. The Morgan fingerprint density at radius 2 is 0.597 bits per heavy atom. The molecular formula is C52H46I2O8. The summed E-state index contributed by atoms with van der Waals surface area (Å²) in [6, 6.07) is 46.3. The fourth-order valence-electron chi connectivity index (χ4n) is 8.10. The van der Waals surface area contributed by atoms with Crippen LogP contribution in [0.15, 0.2) is 133 Å². The standard InChI is InChI=1S/C52H46I2O8/c53-43-33-37-11-3-7-15-41(37)49-47-39-13-5-1-9-35(39)17-19-45(47)59-29-25-55-21-22-56-26-30-60-46-20-18-36-10-2-6-14-40(36)48(46)50-42-16-8-4-12-38(42)34-44(54)52(50)62-32-28-58-24-23-57-27-31-61-51(43)49/h1-20,33-34H,21-32H2. The third-order valence-electron chi connectivity index (χ3n) is 10.9. The van der Waals surface area contributed by atoms with Gasteiger partial charge in [-0.25, -0.2) is 0 Å². The fraction of sp³-hybridized carbons (Fsp3) is 0.231. The summed E-state index contributed by atoms with van der Waals surface area (Å²) < 4.78 is 52.5. The molecule has 1 heterocycles. The van der Waals surface area contributed by atoms with E-state index in [0.29, 0.717) is 79.3 Å². The van der Waals surface area contributed by atoms with Crippen LogP contribution in [0.2, 0.25) is 0 Å². The van der Waals surface area contributed by atoms with E-state index in [1.54, 1.807) is 0 Å². The Bertz CT molecular complexity index is 2630. The lowest BCUT2D eigenvalue weighted by Gasteiger charge is -2.21. The first kappa shape index (κ1) is 42.6. The molecule has 0 fully saturated rings. The highest BCUT2D eigenvalue weighted by Gasteiger charge is 2.23. The second-order valence-electron chi connectivity index (χ2n) is 14.7. The van der Waals surface area contributed by atoms with Crippen LogP contribution in [0.3, 0.4) is 0 Å². The second kappa shape index (κ2) is 20.7. The topological polar surface area (TPSA) is 73.8 Å². The molecule has 8 aromatic carbocycles. The second-order valence-corrected chi connectivity index (χ2v) is 17.1. The van der Waals surface area contributed by atoms with Crippen molar-refractivity contribution in [3.8, 4) is 45.3 Å². The van der Waals surface area contributed by atoms with Gasteiger partial charge in [-0.15, -0.1) is 0 Å². The van der Waals surface area contributed by atoms with Gasteiger partial charge < -0.3 is 37.9 Å². The Kier molecular flexibility index (Phi) is 14.2. The minimum absolute atomic E-state index is 0.365. The van der Waals surface area contributed by atoms with Crippen LogP contribution in [-0.2, 0) is 18.9 Å². The zero-order valence-corrected chi connectivity index (χ0v) is 38.5. The molecule has 62 heavy (non-hydrogen) atoms. The van der Waals surface area contributed by atoms with Crippen LogP contribution in [0.1, 0.15) is 0 Å². The summed E-state index contributed by atoms with van der Waals surface area (Å²) in [7, 11) is 0. The molecule has 0 unspecified atom stereocenters. The molecular weight excluding hydrogens is 1010 g/mol. The minimum Gasteiger partial charge on any atom is -0.491 e. The smallest absolute Gasteiger partial charge is 0.141 e. The summed E-state index contributed by atoms with van der Waals surface area (Å²) in [4.78, 5) is 0. The molecule has 0 amide bonds. The van der Waals surface area contributed by atoms with E-state index < -0.39 is 0 Å².